The van der Waals surface area contributed by atoms with Crippen LogP contribution in [0.15, 0.2) is 0 Å². The van der Waals surface area contributed by atoms with Crippen LogP contribution in [0.5, 0.6) is 0 Å². The normalized spacial score (nSPS) is 27.0. The molecule has 2 nitrogen and oxygen atoms in total. The first kappa shape index (κ1) is 11.7. The second-order valence-corrected chi connectivity index (χ2v) is 6.04. The van der Waals surface area contributed by atoms with E-state index in [0.717, 1.165) is 12.0 Å². The lowest BCUT2D eigenvalue weighted by Gasteiger charge is -2.37. The Morgan fingerprint density at radius 2 is 1.93 bits per heavy atom. The van der Waals surface area contributed by atoms with E-state index in [-0.39, 0.29) is 0 Å². The summed E-state index contributed by atoms with van der Waals surface area (Å²) < 4.78 is 0. The summed E-state index contributed by atoms with van der Waals surface area (Å²) in [5.74, 6) is 3.65. The number of hydrogen-bond acceptors (Lipinski definition) is 3. The second-order valence-electron chi connectivity index (χ2n) is 4.82. The van der Waals surface area contributed by atoms with Crippen molar-refractivity contribution in [3.8, 4) is 0 Å². The van der Waals surface area contributed by atoms with Crippen molar-refractivity contribution in [3.05, 3.63) is 0 Å². The predicted octanol–water partition coefficient (Wildman–Crippen LogP) is 1.81. The quantitative estimate of drug-likeness (QED) is 0.790. The molecule has 1 N–H and O–H groups in total. The van der Waals surface area contributed by atoms with Gasteiger partial charge in [-0.3, -0.25) is 4.90 Å². The molecule has 0 amide bonds. The van der Waals surface area contributed by atoms with E-state index in [1.807, 2.05) is 0 Å². The minimum absolute atomic E-state index is 0.818. The van der Waals surface area contributed by atoms with Gasteiger partial charge in [-0.05, 0) is 25.8 Å². The summed E-state index contributed by atoms with van der Waals surface area (Å²) in [6.45, 7) is 3.82. The van der Waals surface area contributed by atoms with Crippen LogP contribution in [0.3, 0.4) is 0 Å². The number of likely N-dealkylation sites (N-methyl/N-ethyl adjacent to an activating group) is 1. The third-order valence-electron chi connectivity index (χ3n) is 3.87. The third kappa shape index (κ3) is 3.11. The standard InChI is InChI=1S/C12H24N2S/c1-13-10-12(11-4-2-3-5-11)14-6-8-15-9-7-14/h11-13H,2-10H2,1H3. The second kappa shape index (κ2) is 6.12. The molecule has 0 spiro atoms. The minimum atomic E-state index is 0.818. The molecular formula is C12H24N2S. The lowest BCUT2D eigenvalue weighted by atomic mass is 9.96. The van der Waals surface area contributed by atoms with Crippen LogP contribution < -0.4 is 5.32 Å². The van der Waals surface area contributed by atoms with Gasteiger partial charge >= 0.3 is 0 Å². The predicted molar refractivity (Wildman–Crippen MR) is 68.6 cm³/mol. The molecule has 15 heavy (non-hydrogen) atoms. The van der Waals surface area contributed by atoms with Gasteiger partial charge in [0.1, 0.15) is 0 Å². The van der Waals surface area contributed by atoms with Gasteiger partial charge in [-0.1, -0.05) is 12.8 Å². The molecule has 0 aromatic rings. The molecule has 1 saturated heterocycles. The summed E-state index contributed by atoms with van der Waals surface area (Å²) in [4.78, 5) is 2.74. The monoisotopic (exact) mass is 228 g/mol. The van der Waals surface area contributed by atoms with Crippen molar-refractivity contribution in [2.24, 2.45) is 5.92 Å². The van der Waals surface area contributed by atoms with Crippen molar-refractivity contribution < 1.29 is 0 Å². The van der Waals surface area contributed by atoms with Crippen LogP contribution in [0, 0.1) is 5.92 Å². The number of nitrogens with zero attached hydrogens (tertiary/aromatic N) is 1. The number of thioether (sulfide) groups is 1. The van der Waals surface area contributed by atoms with Gasteiger partial charge in [0.15, 0.2) is 0 Å². The average molecular weight is 228 g/mol. The van der Waals surface area contributed by atoms with Crippen molar-refractivity contribution in [2.45, 2.75) is 31.7 Å². The van der Waals surface area contributed by atoms with Gasteiger partial charge in [0.2, 0.25) is 0 Å². The molecule has 3 heteroatoms. The number of hydrogen-bond donors (Lipinski definition) is 1. The van der Waals surface area contributed by atoms with E-state index >= 15 is 0 Å². The molecule has 2 fully saturated rings. The number of rotatable bonds is 4. The zero-order valence-corrected chi connectivity index (χ0v) is 10.7. The molecule has 1 aliphatic carbocycles. The fraction of sp³-hybridized carbons (Fsp3) is 1.00. The first-order valence-corrected chi connectivity index (χ1v) is 7.53. The summed E-state index contributed by atoms with van der Waals surface area (Å²) in [6, 6.07) is 0.818. The molecule has 0 bridgehead atoms. The van der Waals surface area contributed by atoms with Crippen molar-refractivity contribution in [3.63, 3.8) is 0 Å². The topological polar surface area (TPSA) is 15.3 Å². The molecule has 1 unspecified atom stereocenters. The Labute approximate surface area is 98.2 Å². The lowest BCUT2D eigenvalue weighted by Crippen LogP contribution is -2.49. The van der Waals surface area contributed by atoms with Crippen molar-refractivity contribution in [1.29, 1.82) is 0 Å². The van der Waals surface area contributed by atoms with E-state index in [1.165, 1.54) is 56.8 Å². The molecule has 1 atom stereocenters. The van der Waals surface area contributed by atoms with Gasteiger partial charge in [0.25, 0.3) is 0 Å². The third-order valence-corrected chi connectivity index (χ3v) is 4.81. The van der Waals surface area contributed by atoms with E-state index < -0.39 is 0 Å². The molecule has 1 saturated carbocycles. The molecule has 0 aromatic carbocycles. The summed E-state index contributed by atoms with van der Waals surface area (Å²) in [5.41, 5.74) is 0. The summed E-state index contributed by atoms with van der Waals surface area (Å²) in [5, 5.41) is 3.39. The minimum Gasteiger partial charge on any atom is -0.318 e. The van der Waals surface area contributed by atoms with Gasteiger partial charge in [0, 0.05) is 37.2 Å². The van der Waals surface area contributed by atoms with Crippen LogP contribution in [0.25, 0.3) is 0 Å². The Bertz CT molecular complexity index is 174. The van der Waals surface area contributed by atoms with Crippen LogP contribution in [-0.2, 0) is 0 Å². The highest BCUT2D eigenvalue weighted by molar-refractivity contribution is 7.99. The molecule has 88 valence electrons. The molecule has 0 aromatic heterocycles. The summed E-state index contributed by atoms with van der Waals surface area (Å²) >= 11 is 2.11. The highest BCUT2D eigenvalue weighted by Gasteiger charge is 2.29. The fourth-order valence-electron chi connectivity index (χ4n) is 3.05. The van der Waals surface area contributed by atoms with Crippen LogP contribution >= 0.6 is 11.8 Å². The molecule has 2 rings (SSSR count). The van der Waals surface area contributed by atoms with Gasteiger partial charge in [0.05, 0.1) is 0 Å². The van der Waals surface area contributed by atoms with Gasteiger partial charge in [-0.2, -0.15) is 11.8 Å². The van der Waals surface area contributed by atoms with Gasteiger partial charge in [-0.15, -0.1) is 0 Å². The van der Waals surface area contributed by atoms with Crippen molar-refractivity contribution >= 4 is 11.8 Å². The van der Waals surface area contributed by atoms with Crippen LogP contribution in [0.4, 0.5) is 0 Å². The van der Waals surface area contributed by atoms with Crippen molar-refractivity contribution in [2.75, 3.05) is 38.2 Å². The Hall–Kier alpha value is 0.270. The highest BCUT2D eigenvalue weighted by Crippen LogP contribution is 2.31. The SMILES string of the molecule is CNCC(C1CCCC1)N1CCSCC1. The zero-order valence-electron chi connectivity index (χ0n) is 9.87. The Kier molecular flexibility index (Phi) is 4.79. The van der Waals surface area contributed by atoms with Gasteiger partial charge < -0.3 is 5.32 Å². The maximum atomic E-state index is 3.39. The molecular weight excluding hydrogens is 204 g/mol. The number of nitrogens with one attached hydrogen (secondary N) is 1. The molecule has 2 aliphatic rings. The maximum absolute atomic E-state index is 3.39. The first-order chi connectivity index (χ1) is 7.42. The largest absolute Gasteiger partial charge is 0.318 e. The summed E-state index contributed by atoms with van der Waals surface area (Å²) in [7, 11) is 2.10. The van der Waals surface area contributed by atoms with E-state index in [1.54, 1.807) is 0 Å². The zero-order chi connectivity index (χ0) is 10.5. The van der Waals surface area contributed by atoms with Crippen molar-refractivity contribution in [1.82, 2.24) is 10.2 Å². The average Bonchev–Trinajstić information content (AvgIpc) is 2.80. The molecule has 1 aliphatic heterocycles. The van der Waals surface area contributed by atoms with Gasteiger partial charge in [-0.25, -0.2) is 0 Å². The fourth-order valence-corrected chi connectivity index (χ4v) is 3.99. The van der Waals surface area contributed by atoms with Crippen LogP contribution in [0.2, 0.25) is 0 Å². The van der Waals surface area contributed by atoms with Crippen LogP contribution in [-0.4, -0.2) is 49.1 Å². The Morgan fingerprint density at radius 1 is 1.27 bits per heavy atom. The first-order valence-electron chi connectivity index (χ1n) is 6.38. The van der Waals surface area contributed by atoms with E-state index in [2.05, 4.69) is 29.0 Å². The van der Waals surface area contributed by atoms with E-state index in [9.17, 15) is 0 Å². The summed E-state index contributed by atoms with van der Waals surface area (Å²) in [6.07, 6.45) is 5.87. The van der Waals surface area contributed by atoms with Crippen LogP contribution in [0.1, 0.15) is 25.7 Å². The Morgan fingerprint density at radius 3 is 2.53 bits per heavy atom. The smallest absolute Gasteiger partial charge is 0.0249 e. The molecule has 1 heterocycles. The maximum Gasteiger partial charge on any atom is 0.0249 e. The Balaban J connectivity index is 1.90. The lowest BCUT2D eigenvalue weighted by molar-refractivity contribution is 0.154. The van der Waals surface area contributed by atoms with E-state index in [4.69, 9.17) is 0 Å². The highest BCUT2D eigenvalue weighted by atomic mass is 32.2. The van der Waals surface area contributed by atoms with E-state index in [0.29, 0.717) is 0 Å². The molecule has 0 radical (unpaired) electrons.